The van der Waals surface area contributed by atoms with Crippen molar-refractivity contribution in [2.45, 2.75) is 64.2 Å². The first-order chi connectivity index (χ1) is 15.0. The second-order valence-electron chi connectivity index (χ2n) is 10.3. The molecule has 2 fully saturated rings. The largest absolute Gasteiger partial charge is 0.478 e. The normalized spacial score (nSPS) is 31.4. The van der Waals surface area contributed by atoms with Crippen LogP contribution in [0.15, 0.2) is 48.5 Å². The molecule has 0 spiro atoms. The number of fused-ring (bicyclic) bond motifs is 5. The van der Waals surface area contributed by atoms with Crippen LogP contribution in [0.25, 0.3) is 0 Å². The molecule has 0 aliphatic heterocycles. The number of hydrogen-bond acceptors (Lipinski definition) is 2. The van der Waals surface area contributed by atoms with Gasteiger partial charge in [-0.2, -0.15) is 0 Å². The summed E-state index contributed by atoms with van der Waals surface area (Å²) in [5.74, 6) is 1.61. The van der Waals surface area contributed by atoms with Gasteiger partial charge < -0.3 is 5.11 Å². The third kappa shape index (κ3) is 3.52. The number of benzene rings is 2. The van der Waals surface area contributed by atoms with Gasteiger partial charge in [0.15, 0.2) is 0 Å². The van der Waals surface area contributed by atoms with Crippen molar-refractivity contribution in [3.63, 3.8) is 0 Å². The highest BCUT2D eigenvalue weighted by atomic mass is 16.4. The molecule has 0 bridgehead atoms. The molecule has 0 unspecified atom stereocenters. The van der Waals surface area contributed by atoms with E-state index in [1.54, 1.807) is 6.07 Å². The van der Waals surface area contributed by atoms with Crippen LogP contribution >= 0.6 is 0 Å². The van der Waals surface area contributed by atoms with Crippen molar-refractivity contribution < 1.29 is 14.7 Å². The Kier molecular flexibility index (Phi) is 5.24. The Morgan fingerprint density at radius 3 is 2.61 bits per heavy atom. The maximum absolute atomic E-state index is 13.3. The van der Waals surface area contributed by atoms with Crippen molar-refractivity contribution in [2.24, 2.45) is 23.2 Å². The lowest BCUT2D eigenvalue weighted by atomic mass is 9.53. The molecule has 5 rings (SSSR count). The summed E-state index contributed by atoms with van der Waals surface area (Å²) in [6.45, 7) is 2.40. The standard InChI is InChI=1S/C28H32O3/c1-28-16-15-22-21-10-9-20(27(30)31)17-19(21)8-11-23(22)24(28)12-13-25(28)26(29)14-7-18-5-3-2-4-6-18/h2-6,9-10,17,22-25H,7-8,11-16H2,1H3,(H,30,31)/t22-,23-,24+,25-,28+/m1/s1. The fraction of sp³-hybridized carbons (Fsp3) is 0.500. The number of ketones is 1. The molecule has 3 aliphatic rings. The Morgan fingerprint density at radius 2 is 1.84 bits per heavy atom. The predicted molar refractivity (Wildman–Crippen MR) is 121 cm³/mol. The monoisotopic (exact) mass is 416 g/mol. The van der Waals surface area contributed by atoms with E-state index in [4.69, 9.17) is 0 Å². The molecule has 0 radical (unpaired) electrons. The third-order valence-corrected chi connectivity index (χ3v) is 8.87. The van der Waals surface area contributed by atoms with E-state index in [2.05, 4.69) is 25.1 Å². The van der Waals surface area contributed by atoms with E-state index in [9.17, 15) is 14.7 Å². The summed E-state index contributed by atoms with van der Waals surface area (Å²) >= 11 is 0. The summed E-state index contributed by atoms with van der Waals surface area (Å²) in [5.41, 5.74) is 4.40. The topological polar surface area (TPSA) is 54.4 Å². The van der Waals surface area contributed by atoms with E-state index in [-0.39, 0.29) is 11.3 Å². The number of carboxylic acid groups (broad SMARTS) is 1. The quantitative estimate of drug-likeness (QED) is 0.645. The van der Waals surface area contributed by atoms with Crippen LogP contribution in [0.2, 0.25) is 0 Å². The highest BCUT2D eigenvalue weighted by Crippen LogP contribution is 2.63. The van der Waals surface area contributed by atoms with Gasteiger partial charge in [-0.25, -0.2) is 4.79 Å². The smallest absolute Gasteiger partial charge is 0.335 e. The summed E-state index contributed by atoms with van der Waals surface area (Å²) in [4.78, 5) is 24.7. The van der Waals surface area contributed by atoms with Gasteiger partial charge >= 0.3 is 5.97 Å². The molecule has 0 heterocycles. The second kappa shape index (κ2) is 7.93. The maximum Gasteiger partial charge on any atom is 0.335 e. The fourth-order valence-electron chi connectivity index (χ4n) is 7.33. The zero-order valence-electron chi connectivity index (χ0n) is 18.3. The summed E-state index contributed by atoms with van der Waals surface area (Å²) in [6, 6.07) is 16.1. The summed E-state index contributed by atoms with van der Waals surface area (Å²) < 4.78 is 0. The minimum Gasteiger partial charge on any atom is -0.478 e. The molecular formula is C28H32O3. The molecule has 162 valence electrons. The van der Waals surface area contributed by atoms with Gasteiger partial charge in [-0.1, -0.05) is 43.3 Å². The minimum atomic E-state index is -0.839. The predicted octanol–water partition coefficient (Wildman–Crippen LogP) is 6.06. The Hall–Kier alpha value is -2.42. The molecule has 3 nitrogen and oxygen atoms in total. The van der Waals surface area contributed by atoms with E-state index in [1.807, 2.05) is 24.3 Å². The SMILES string of the molecule is C[C@]12CC[C@@H]3c4ccc(C(=O)O)cc4CC[C@H]3[C@@H]1CC[C@@H]2C(=O)CCc1ccccc1. The van der Waals surface area contributed by atoms with Gasteiger partial charge in [0.2, 0.25) is 0 Å². The molecular weight excluding hydrogens is 384 g/mol. The summed E-state index contributed by atoms with van der Waals surface area (Å²) in [5, 5.41) is 9.34. The number of hydrogen-bond donors (Lipinski definition) is 1. The number of aryl methyl sites for hydroxylation is 2. The zero-order chi connectivity index (χ0) is 21.6. The summed E-state index contributed by atoms with van der Waals surface area (Å²) in [7, 11) is 0. The molecule has 3 aliphatic carbocycles. The van der Waals surface area contributed by atoms with E-state index >= 15 is 0 Å². The van der Waals surface area contributed by atoms with Crippen molar-refractivity contribution in [2.75, 3.05) is 0 Å². The number of aromatic carboxylic acids is 1. The van der Waals surface area contributed by atoms with Crippen LogP contribution in [0.3, 0.4) is 0 Å². The first kappa shape index (κ1) is 20.5. The van der Waals surface area contributed by atoms with E-state index in [1.165, 1.54) is 23.1 Å². The van der Waals surface area contributed by atoms with Crippen molar-refractivity contribution >= 4 is 11.8 Å². The maximum atomic E-state index is 13.3. The van der Waals surface area contributed by atoms with Crippen molar-refractivity contribution in [1.82, 2.24) is 0 Å². The number of carbonyl (C=O) groups is 2. The molecule has 1 N–H and O–H groups in total. The van der Waals surface area contributed by atoms with Crippen LogP contribution in [0.1, 0.15) is 78.4 Å². The average molecular weight is 417 g/mol. The fourth-order valence-corrected chi connectivity index (χ4v) is 7.33. The number of carbonyl (C=O) groups excluding carboxylic acids is 1. The molecule has 2 saturated carbocycles. The van der Waals surface area contributed by atoms with Crippen LogP contribution in [-0.4, -0.2) is 16.9 Å². The Balaban J connectivity index is 1.32. The van der Waals surface area contributed by atoms with Crippen LogP contribution < -0.4 is 0 Å². The molecule has 3 heteroatoms. The molecule has 0 aromatic heterocycles. The van der Waals surface area contributed by atoms with E-state index in [0.29, 0.717) is 35.5 Å². The van der Waals surface area contributed by atoms with Gasteiger partial charge in [-0.05, 0) is 96.9 Å². The molecule has 0 saturated heterocycles. The van der Waals surface area contributed by atoms with Crippen LogP contribution in [0.4, 0.5) is 0 Å². The third-order valence-electron chi connectivity index (χ3n) is 8.87. The lowest BCUT2D eigenvalue weighted by molar-refractivity contribution is -0.128. The average Bonchev–Trinajstić information content (AvgIpc) is 3.15. The molecule has 2 aromatic rings. The lowest BCUT2D eigenvalue weighted by Gasteiger charge is -2.50. The van der Waals surface area contributed by atoms with Crippen molar-refractivity contribution in [3.05, 3.63) is 70.8 Å². The van der Waals surface area contributed by atoms with Gasteiger partial charge in [0.05, 0.1) is 5.56 Å². The van der Waals surface area contributed by atoms with Crippen LogP contribution in [0.5, 0.6) is 0 Å². The highest BCUT2D eigenvalue weighted by Gasteiger charge is 2.56. The number of Topliss-reactive ketones (excluding diaryl/α,β-unsaturated/α-hetero) is 1. The van der Waals surface area contributed by atoms with Crippen molar-refractivity contribution in [1.29, 1.82) is 0 Å². The summed E-state index contributed by atoms with van der Waals surface area (Å²) in [6.07, 6.45) is 8.06. The second-order valence-corrected chi connectivity index (χ2v) is 10.3. The van der Waals surface area contributed by atoms with Crippen molar-refractivity contribution in [3.8, 4) is 0 Å². The van der Waals surface area contributed by atoms with E-state index < -0.39 is 5.97 Å². The molecule has 0 amide bonds. The Bertz CT molecular complexity index is 995. The molecule has 2 aromatic carbocycles. The van der Waals surface area contributed by atoms with Crippen LogP contribution in [-0.2, 0) is 17.6 Å². The number of carboxylic acids is 1. The van der Waals surface area contributed by atoms with Crippen LogP contribution in [0, 0.1) is 23.2 Å². The zero-order valence-corrected chi connectivity index (χ0v) is 18.3. The van der Waals surface area contributed by atoms with Gasteiger partial charge in [-0.15, -0.1) is 0 Å². The van der Waals surface area contributed by atoms with Gasteiger partial charge in [0.25, 0.3) is 0 Å². The van der Waals surface area contributed by atoms with Gasteiger partial charge in [0.1, 0.15) is 5.78 Å². The lowest BCUT2D eigenvalue weighted by Crippen LogP contribution is -2.44. The minimum absolute atomic E-state index is 0.132. The Morgan fingerprint density at radius 1 is 1.03 bits per heavy atom. The molecule has 5 atom stereocenters. The molecule has 31 heavy (non-hydrogen) atoms. The number of rotatable bonds is 5. The van der Waals surface area contributed by atoms with E-state index in [0.717, 1.165) is 38.5 Å². The first-order valence-electron chi connectivity index (χ1n) is 11.9. The van der Waals surface area contributed by atoms with Gasteiger partial charge in [-0.3, -0.25) is 4.79 Å². The first-order valence-corrected chi connectivity index (χ1v) is 11.9. The highest BCUT2D eigenvalue weighted by molar-refractivity contribution is 5.88. The van der Waals surface area contributed by atoms with Gasteiger partial charge in [0, 0.05) is 12.3 Å². The Labute approximate surface area is 184 Å².